The first kappa shape index (κ1) is 57.2. The third kappa shape index (κ3) is 18.4. The molecule has 10 nitrogen and oxygen atoms in total. The average molecular weight is 1030 g/mol. The zero-order chi connectivity index (χ0) is 35.2. The van der Waals surface area contributed by atoms with Gasteiger partial charge in [0.25, 0.3) is 0 Å². The van der Waals surface area contributed by atoms with E-state index in [2.05, 4.69) is 78.9 Å². The van der Waals surface area contributed by atoms with Crippen LogP contribution >= 0.6 is 0 Å². The van der Waals surface area contributed by atoms with E-state index in [1.54, 1.807) is 0 Å². The van der Waals surface area contributed by atoms with E-state index in [-0.39, 0.29) is 114 Å². The quantitative estimate of drug-likeness (QED) is 0.135. The maximum atomic E-state index is 4.89. The number of fused-ring (bicyclic) bond motifs is 8. The number of rotatable bonds is 0. The summed E-state index contributed by atoms with van der Waals surface area (Å²) in [6, 6.07) is 17.6. The average Bonchev–Trinajstić information content (AvgIpc) is 3.20. The Hall–Kier alpha value is 1.23. The molecule has 4 radical (unpaired) electrons. The van der Waals surface area contributed by atoms with Gasteiger partial charge in [-0.2, -0.15) is 0 Å². The summed E-state index contributed by atoms with van der Waals surface area (Å²) in [5, 5.41) is 30.4. The minimum atomic E-state index is 0. The second-order valence-corrected chi connectivity index (χ2v) is 16.6. The van der Waals surface area contributed by atoms with Crippen molar-refractivity contribution in [2.75, 3.05) is 26.2 Å². The summed E-state index contributed by atoms with van der Waals surface area (Å²) < 4.78 is 0. The number of aromatic nitrogens is 2. The first-order valence-corrected chi connectivity index (χ1v) is 21.5. The Kier molecular flexibility index (Phi) is 31.6. The number of hydrogen-bond acceptors (Lipinski definition) is 10. The minimum Gasteiger partial charge on any atom is -0.358 e. The summed E-state index contributed by atoms with van der Waals surface area (Å²) in [6.45, 7) is 7.77. The molecule has 8 N–H and O–H groups in total. The van der Waals surface area contributed by atoms with E-state index in [9.17, 15) is 0 Å². The summed E-state index contributed by atoms with van der Waals surface area (Å²) >= 11 is 0. The Bertz CT molecular complexity index is 1160. The molecule has 0 spiro atoms. The van der Waals surface area contributed by atoms with E-state index in [1.165, 1.54) is 126 Å². The molecule has 0 aromatic carbocycles. The molecule has 4 bridgehead atoms. The fourth-order valence-corrected chi connectivity index (χ4v) is 9.90. The van der Waals surface area contributed by atoms with E-state index >= 15 is 0 Å². The molecule has 0 unspecified atom stereocenters. The molecule has 324 valence electrons. The summed E-state index contributed by atoms with van der Waals surface area (Å²) in [5.74, 6) is 0. The van der Waals surface area contributed by atoms with Crippen LogP contribution in [0, 0.1) is 14.9 Å². The SMILES string of the molecule is [CH3-].[CH3-].[Mn].[Mn].[Y].[Y].c1cc2nc(c1)CN[C@@H]1CCCC[C@H]1NCCN[C@@H]1CCCC[C@H]1NC2.c1cc2nc(c1)CN[C@H]1CCCC[C@@H]1NCCN[C@H]1CCCC[C@@H]1NC2. The van der Waals surface area contributed by atoms with Crippen molar-refractivity contribution in [3.8, 4) is 0 Å². The van der Waals surface area contributed by atoms with Crippen molar-refractivity contribution in [3.05, 3.63) is 74.0 Å². The number of nitrogens with zero attached hydrogens (tertiary/aromatic N) is 2. The van der Waals surface area contributed by atoms with Gasteiger partial charge in [0, 0.05) is 200 Å². The third-order valence-electron chi connectivity index (χ3n) is 12.9. The normalized spacial score (nSPS) is 30.5. The maximum Gasteiger partial charge on any atom is 0.0545 e. The van der Waals surface area contributed by atoms with Crippen LogP contribution in [0.25, 0.3) is 0 Å². The monoisotopic (exact) mass is 1030 g/mol. The van der Waals surface area contributed by atoms with Crippen LogP contribution in [0.3, 0.4) is 0 Å². The second-order valence-electron chi connectivity index (χ2n) is 16.6. The topological polar surface area (TPSA) is 122 Å². The molecule has 14 heteroatoms. The van der Waals surface area contributed by atoms with E-state index in [1.807, 2.05) is 0 Å². The van der Waals surface area contributed by atoms with Crippen molar-refractivity contribution in [1.82, 2.24) is 52.5 Å². The zero-order valence-corrected chi connectivity index (χ0v) is 43.9. The van der Waals surface area contributed by atoms with Crippen LogP contribution in [-0.4, -0.2) is 84.5 Å². The molecule has 4 saturated carbocycles. The molecule has 6 aliphatic rings. The van der Waals surface area contributed by atoms with Gasteiger partial charge in [0.15, 0.2) is 0 Å². The van der Waals surface area contributed by atoms with Crippen molar-refractivity contribution >= 4 is 0 Å². The molecule has 2 aliphatic heterocycles. The molecule has 0 amide bonds. The number of nitrogens with one attached hydrogen (secondary N) is 8. The van der Waals surface area contributed by atoms with Gasteiger partial charge >= 0.3 is 0 Å². The molecule has 2 aromatic heterocycles. The molecule has 4 heterocycles. The predicted molar refractivity (Wildman–Crippen MR) is 225 cm³/mol. The van der Waals surface area contributed by atoms with Crippen molar-refractivity contribution < 1.29 is 99.6 Å². The Balaban J connectivity index is 0.000000526. The van der Waals surface area contributed by atoms with Crippen LogP contribution in [0.15, 0.2) is 36.4 Å². The fraction of sp³-hybridized carbons (Fsp3) is 0.727. The molecule has 8 rings (SSSR count). The fourth-order valence-electron chi connectivity index (χ4n) is 9.90. The van der Waals surface area contributed by atoms with Crippen LogP contribution in [0.2, 0.25) is 0 Å². The first-order valence-electron chi connectivity index (χ1n) is 21.5. The van der Waals surface area contributed by atoms with Gasteiger partial charge in [0.05, 0.1) is 22.8 Å². The van der Waals surface area contributed by atoms with Gasteiger partial charge in [0.2, 0.25) is 0 Å². The van der Waals surface area contributed by atoms with E-state index < -0.39 is 0 Å². The molecule has 0 saturated heterocycles. The first-order chi connectivity index (χ1) is 25.8. The van der Waals surface area contributed by atoms with Crippen LogP contribution < -0.4 is 42.5 Å². The van der Waals surface area contributed by atoms with Crippen molar-refractivity contribution in [2.45, 2.75) is 177 Å². The molecular weight excluding hydrogens is 956 g/mol. The smallest absolute Gasteiger partial charge is 0.0545 e. The largest absolute Gasteiger partial charge is 0.358 e. The van der Waals surface area contributed by atoms with Gasteiger partial charge < -0.3 is 57.4 Å². The van der Waals surface area contributed by atoms with Crippen LogP contribution in [0.1, 0.15) is 126 Å². The van der Waals surface area contributed by atoms with Gasteiger partial charge in [-0.15, -0.1) is 0 Å². The summed E-state index contributed by atoms with van der Waals surface area (Å²) in [7, 11) is 0. The Labute approximate surface area is 425 Å². The number of pyridine rings is 2. The Morgan fingerprint density at radius 3 is 0.724 bits per heavy atom. The summed E-state index contributed by atoms with van der Waals surface area (Å²) in [5.41, 5.74) is 4.67. The molecule has 4 fully saturated rings. The van der Waals surface area contributed by atoms with E-state index in [0.717, 1.165) is 52.4 Å². The molecule has 58 heavy (non-hydrogen) atoms. The van der Waals surface area contributed by atoms with Crippen LogP contribution in [0.4, 0.5) is 0 Å². The standard InChI is InChI=1S/2C21H35N5.2CH3.2Mn.2Y/c2*1-3-10-20-18(8-1)22-12-13-23-19-9-2-4-11-21(19)25-15-17-7-5-6-16(26-17)14-24-20;;;;;;/h2*5-7,18-25H,1-4,8-15H2;2*1H3;;;;/q;;2*-1;;;;/t2*18-,19-,20-,21-;;;;;;/m10....../s1. The predicted octanol–water partition coefficient (Wildman–Crippen LogP) is 5.04. The van der Waals surface area contributed by atoms with Crippen molar-refractivity contribution in [2.24, 2.45) is 0 Å². The third-order valence-corrected chi connectivity index (χ3v) is 12.9. The van der Waals surface area contributed by atoms with E-state index in [0.29, 0.717) is 48.3 Å². The Morgan fingerprint density at radius 1 is 0.328 bits per heavy atom. The molecule has 4 aliphatic carbocycles. The molecule has 2 aromatic rings. The summed E-state index contributed by atoms with van der Waals surface area (Å²) in [6.07, 6.45) is 21.0. The Morgan fingerprint density at radius 2 is 0.517 bits per heavy atom. The van der Waals surface area contributed by atoms with Crippen LogP contribution in [0.5, 0.6) is 0 Å². The molecule has 8 atom stereocenters. The van der Waals surface area contributed by atoms with Gasteiger partial charge in [-0.3, -0.25) is 9.97 Å². The second kappa shape index (κ2) is 32.0. The van der Waals surface area contributed by atoms with Crippen LogP contribution in [-0.2, 0) is 126 Å². The van der Waals surface area contributed by atoms with E-state index in [4.69, 9.17) is 9.97 Å². The van der Waals surface area contributed by atoms with Crippen molar-refractivity contribution in [1.29, 1.82) is 0 Å². The van der Waals surface area contributed by atoms with Gasteiger partial charge in [-0.05, 0) is 75.6 Å². The van der Waals surface area contributed by atoms with Gasteiger partial charge in [-0.25, -0.2) is 0 Å². The van der Waals surface area contributed by atoms with Crippen molar-refractivity contribution in [3.63, 3.8) is 0 Å². The summed E-state index contributed by atoms with van der Waals surface area (Å²) in [4.78, 5) is 9.79. The minimum absolute atomic E-state index is 0. The van der Waals surface area contributed by atoms with Gasteiger partial charge in [-0.1, -0.05) is 63.5 Å². The zero-order valence-electron chi connectivity index (χ0n) is 35.9. The van der Waals surface area contributed by atoms with Gasteiger partial charge in [0.1, 0.15) is 0 Å². The maximum absolute atomic E-state index is 4.89. The molecular formula is C44H76Mn2N10Y2-2. The number of hydrogen-bond donors (Lipinski definition) is 8.